The number of aromatic nitrogens is 1. The van der Waals surface area contributed by atoms with Crippen molar-refractivity contribution in [3.05, 3.63) is 35.0 Å². The SMILES string of the molecule is Cc1[nH]c2ccc(C(=O)NC3COC3)cc2c1C. The summed E-state index contributed by atoms with van der Waals surface area (Å²) < 4.78 is 5.04. The van der Waals surface area contributed by atoms with Crippen LogP contribution in [0.1, 0.15) is 21.6 Å². The minimum absolute atomic E-state index is 0.0246. The fourth-order valence-electron chi connectivity index (χ4n) is 2.19. The molecule has 1 fully saturated rings. The largest absolute Gasteiger partial charge is 0.377 e. The second-order valence-electron chi connectivity index (χ2n) is 4.84. The molecule has 0 radical (unpaired) electrons. The number of aromatic amines is 1. The maximum atomic E-state index is 12.0. The second-order valence-corrected chi connectivity index (χ2v) is 4.84. The number of carbonyl (C=O) groups is 1. The van der Waals surface area contributed by atoms with Crippen LogP contribution in [0.3, 0.4) is 0 Å². The summed E-state index contributed by atoms with van der Waals surface area (Å²) in [5.41, 5.74) is 4.13. The van der Waals surface area contributed by atoms with Crippen molar-refractivity contribution >= 4 is 16.8 Å². The number of fused-ring (bicyclic) bond motifs is 1. The van der Waals surface area contributed by atoms with Gasteiger partial charge >= 0.3 is 0 Å². The van der Waals surface area contributed by atoms with Crippen LogP contribution in [0.2, 0.25) is 0 Å². The van der Waals surface area contributed by atoms with Crippen molar-refractivity contribution < 1.29 is 9.53 Å². The first-order valence-corrected chi connectivity index (χ1v) is 6.12. The average Bonchev–Trinajstić information content (AvgIpc) is 2.59. The molecule has 2 aromatic rings. The number of hydrogen-bond acceptors (Lipinski definition) is 2. The molecule has 0 aliphatic carbocycles. The number of hydrogen-bond donors (Lipinski definition) is 2. The van der Waals surface area contributed by atoms with Crippen molar-refractivity contribution in [2.45, 2.75) is 19.9 Å². The van der Waals surface area contributed by atoms with Gasteiger partial charge in [0.25, 0.3) is 5.91 Å². The second kappa shape index (κ2) is 4.14. The summed E-state index contributed by atoms with van der Waals surface area (Å²) in [5.74, 6) is -0.0246. The van der Waals surface area contributed by atoms with E-state index in [1.807, 2.05) is 25.1 Å². The molecule has 0 unspecified atom stereocenters. The van der Waals surface area contributed by atoms with Crippen molar-refractivity contribution in [3.63, 3.8) is 0 Å². The Morgan fingerprint density at radius 2 is 2.17 bits per heavy atom. The summed E-state index contributed by atoms with van der Waals surface area (Å²) in [6, 6.07) is 5.93. The van der Waals surface area contributed by atoms with Gasteiger partial charge in [-0.05, 0) is 37.6 Å². The number of ether oxygens (including phenoxy) is 1. The number of rotatable bonds is 2. The Kier molecular flexibility index (Phi) is 2.59. The molecule has 0 atom stereocenters. The average molecular weight is 244 g/mol. The lowest BCUT2D eigenvalue weighted by Crippen LogP contribution is -2.48. The van der Waals surface area contributed by atoms with Crippen molar-refractivity contribution in [1.29, 1.82) is 0 Å². The molecule has 4 heteroatoms. The Labute approximate surface area is 105 Å². The summed E-state index contributed by atoms with van der Waals surface area (Å²) in [4.78, 5) is 15.3. The lowest BCUT2D eigenvalue weighted by molar-refractivity contribution is -0.00346. The van der Waals surface area contributed by atoms with Crippen LogP contribution in [-0.4, -0.2) is 30.1 Å². The highest BCUT2D eigenvalue weighted by molar-refractivity contribution is 5.99. The molecular formula is C14H16N2O2. The molecule has 1 saturated heterocycles. The normalized spacial score (nSPS) is 15.7. The third kappa shape index (κ3) is 1.78. The highest BCUT2D eigenvalue weighted by Crippen LogP contribution is 2.22. The van der Waals surface area contributed by atoms with E-state index in [0.717, 1.165) is 16.6 Å². The van der Waals surface area contributed by atoms with Crippen LogP contribution in [-0.2, 0) is 4.74 Å². The predicted molar refractivity (Wildman–Crippen MR) is 69.8 cm³/mol. The monoisotopic (exact) mass is 244 g/mol. The molecule has 1 aliphatic heterocycles. The van der Waals surface area contributed by atoms with E-state index in [4.69, 9.17) is 4.74 Å². The van der Waals surface area contributed by atoms with Gasteiger partial charge in [0.2, 0.25) is 0 Å². The van der Waals surface area contributed by atoms with Gasteiger partial charge in [0.05, 0.1) is 19.3 Å². The third-order valence-corrected chi connectivity index (χ3v) is 3.54. The number of amides is 1. The Morgan fingerprint density at radius 1 is 1.39 bits per heavy atom. The van der Waals surface area contributed by atoms with Crippen LogP contribution in [0.25, 0.3) is 10.9 Å². The lowest BCUT2D eigenvalue weighted by Gasteiger charge is -2.26. The zero-order valence-corrected chi connectivity index (χ0v) is 10.5. The van der Waals surface area contributed by atoms with E-state index in [0.29, 0.717) is 18.8 Å². The van der Waals surface area contributed by atoms with Crippen LogP contribution in [0.4, 0.5) is 0 Å². The fourth-order valence-corrected chi connectivity index (χ4v) is 2.19. The topological polar surface area (TPSA) is 54.1 Å². The molecule has 0 spiro atoms. The minimum Gasteiger partial charge on any atom is -0.377 e. The van der Waals surface area contributed by atoms with Crippen LogP contribution in [0, 0.1) is 13.8 Å². The van der Waals surface area contributed by atoms with E-state index in [1.54, 1.807) is 0 Å². The van der Waals surface area contributed by atoms with Crippen molar-refractivity contribution in [2.75, 3.05) is 13.2 Å². The van der Waals surface area contributed by atoms with Crippen LogP contribution < -0.4 is 5.32 Å². The summed E-state index contributed by atoms with van der Waals surface area (Å²) in [5, 5.41) is 4.07. The zero-order chi connectivity index (χ0) is 12.7. The molecule has 0 bridgehead atoms. The molecule has 3 rings (SSSR count). The Hall–Kier alpha value is -1.81. The molecule has 1 aliphatic rings. The number of aryl methyl sites for hydroxylation is 2. The van der Waals surface area contributed by atoms with E-state index in [9.17, 15) is 4.79 Å². The fraction of sp³-hybridized carbons (Fsp3) is 0.357. The molecule has 94 valence electrons. The number of carbonyl (C=O) groups excluding carboxylic acids is 1. The van der Waals surface area contributed by atoms with Crippen molar-refractivity contribution in [1.82, 2.24) is 10.3 Å². The highest BCUT2D eigenvalue weighted by atomic mass is 16.5. The van der Waals surface area contributed by atoms with Crippen LogP contribution in [0.5, 0.6) is 0 Å². The van der Waals surface area contributed by atoms with Crippen molar-refractivity contribution in [3.8, 4) is 0 Å². The Morgan fingerprint density at radius 3 is 2.83 bits per heavy atom. The van der Waals surface area contributed by atoms with Gasteiger partial charge in [-0.2, -0.15) is 0 Å². The molecule has 1 amide bonds. The minimum atomic E-state index is -0.0246. The molecule has 2 N–H and O–H groups in total. The molecule has 1 aromatic carbocycles. The summed E-state index contributed by atoms with van der Waals surface area (Å²) in [6.07, 6.45) is 0. The highest BCUT2D eigenvalue weighted by Gasteiger charge is 2.21. The first kappa shape index (κ1) is 11.3. The van der Waals surface area contributed by atoms with Gasteiger partial charge in [-0.15, -0.1) is 0 Å². The standard InChI is InChI=1S/C14H16N2O2/c1-8-9(2)15-13-4-3-10(5-12(8)13)14(17)16-11-6-18-7-11/h3-5,11,15H,6-7H2,1-2H3,(H,16,17). The maximum absolute atomic E-state index is 12.0. The van der Waals surface area contributed by atoms with Gasteiger partial charge in [0.15, 0.2) is 0 Å². The van der Waals surface area contributed by atoms with Crippen LogP contribution >= 0.6 is 0 Å². The van der Waals surface area contributed by atoms with E-state index in [2.05, 4.69) is 17.2 Å². The molecule has 18 heavy (non-hydrogen) atoms. The first-order chi connectivity index (χ1) is 8.65. The molecule has 2 heterocycles. The van der Waals surface area contributed by atoms with Gasteiger partial charge in [-0.25, -0.2) is 0 Å². The summed E-state index contributed by atoms with van der Waals surface area (Å²) >= 11 is 0. The van der Waals surface area contributed by atoms with Gasteiger partial charge in [-0.3, -0.25) is 4.79 Å². The Balaban J connectivity index is 1.91. The van der Waals surface area contributed by atoms with Gasteiger partial charge < -0.3 is 15.0 Å². The van der Waals surface area contributed by atoms with E-state index >= 15 is 0 Å². The number of H-pyrrole nitrogens is 1. The lowest BCUT2D eigenvalue weighted by atomic mass is 10.1. The van der Waals surface area contributed by atoms with Gasteiger partial charge in [-0.1, -0.05) is 0 Å². The summed E-state index contributed by atoms with van der Waals surface area (Å²) in [6.45, 7) is 5.35. The van der Waals surface area contributed by atoms with Gasteiger partial charge in [0, 0.05) is 22.2 Å². The van der Waals surface area contributed by atoms with Gasteiger partial charge in [0.1, 0.15) is 0 Å². The summed E-state index contributed by atoms with van der Waals surface area (Å²) in [7, 11) is 0. The molecular weight excluding hydrogens is 228 g/mol. The predicted octanol–water partition coefficient (Wildman–Crippen LogP) is 1.91. The molecule has 1 aromatic heterocycles. The van der Waals surface area contributed by atoms with Crippen molar-refractivity contribution in [2.24, 2.45) is 0 Å². The number of benzene rings is 1. The van der Waals surface area contributed by atoms with Crippen LogP contribution in [0.15, 0.2) is 18.2 Å². The quantitative estimate of drug-likeness (QED) is 0.848. The zero-order valence-electron chi connectivity index (χ0n) is 10.5. The maximum Gasteiger partial charge on any atom is 0.251 e. The first-order valence-electron chi connectivity index (χ1n) is 6.12. The van der Waals surface area contributed by atoms with E-state index < -0.39 is 0 Å². The van der Waals surface area contributed by atoms with E-state index in [-0.39, 0.29) is 11.9 Å². The van der Waals surface area contributed by atoms with E-state index in [1.165, 1.54) is 5.56 Å². The molecule has 4 nitrogen and oxygen atoms in total. The third-order valence-electron chi connectivity index (χ3n) is 3.54. The number of nitrogens with one attached hydrogen (secondary N) is 2. The smallest absolute Gasteiger partial charge is 0.251 e. The Bertz CT molecular complexity index is 612. The molecule has 0 saturated carbocycles.